The highest BCUT2D eigenvalue weighted by atomic mass is 19.1. The van der Waals surface area contributed by atoms with E-state index in [-0.39, 0.29) is 24.1 Å². The summed E-state index contributed by atoms with van der Waals surface area (Å²) in [4.78, 5) is 38.2. The van der Waals surface area contributed by atoms with Gasteiger partial charge >= 0.3 is 5.97 Å². The third-order valence-electron chi connectivity index (χ3n) is 4.04. The number of nitrogens with zero attached hydrogens (tertiary/aromatic N) is 2. The van der Waals surface area contributed by atoms with Gasteiger partial charge in [0.2, 0.25) is 5.91 Å². The fraction of sp³-hybridized carbons (Fsp3) is 0.471. The van der Waals surface area contributed by atoms with Crippen molar-refractivity contribution in [3.63, 3.8) is 0 Å². The minimum absolute atomic E-state index is 0.00531. The highest BCUT2D eigenvalue weighted by molar-refractivity contribution is 5.94. The standard InChI is InChI=1S/C17H21FN2O4/c18-14-7-5-13(6-8-14)17(24)20-11-9-19(10-12-20)15(21)3-1-2-4-16(22)23/h5-8H,1-4,9-12H2,(H,22,23). The molecular formula is C17H21FN2O4. The SMILES string of the molecule is O=C(O)CCCCC(=O)N1CCN(C(=O)c2ccc(F)cc2)CC1. The van der Waals surface area contributed by atoms with Gasteiger partial charge in [-0.1, -0.05) is 0 Å². The van der Waals surface area contributed by atoms with Gasteiger partial charge in [-0.2, -0.15) is 0 Å². The molecule has 1 N–H and O–H groups in total. The van der Waals surface area contributed by atoms with Crippen molar-refractivity contribution >= 4 is 17.8 Å². The molecule has 1 aromatic rings. The van der Waals surface area contributed by atoms with E-state index in [9.17, 15) is 18.8 Å². The number of amides is 2. The van der Waals surface area contributed by atoms with Crippen LogP contribution in [0.2, 0.25) is 0 Å². The number of rotatable bonds is 6. The molecule has 0 aromatic heterocycles. The molecule has 0 bridgehead atoms. The molecule has 1 aliphatic rings. The van der Waals surface area contributed by atoms with Crippen LogP contribution in [-0.4, -0.2) is 58.9 Å². The summed E-state index contributed by atoms with van der Waals surface area (Å²) in [5.41, 5.74) is 0.435. The Morgan fingerprint density at radius 1 is 0.917 bits per heavy atom. The van der Waals surface area contributed by atoms with E-state index in [2.05, 4.69) is 0 Å². The Bertz CT molecular complexity index is 595. The predicted molar refractivity (Wildman–Crippen MR) is 85.0 cm³/mol. The lowest BCUT2D eigenvalue weighted by molar-refractivity contribution is -0.137. The van der Waals surface area contributed by atoms with Crippen molar-refractivity contribution in [3.8, 4) is 0 Å². The molecule has 0 radical (unpaired) electrons. The Balaban J connectivity index is 1.76. The molecule has 1 aromatic carbocycles. The average Bonchev–Trinajstić information content (AvgIpc) is 2.58. The number of halogens is 1. The summed E-state index contributed by atoms with van der Waals surface area (Å²) >= 11 is 0. The Morgan fingerprint density at radius 3 is 2.04 bits per heavy atom. The molecule has 0 aliphatic carbocycles. The third-order valence-corrected chi connectivity index (χ3v) is 4.04. The number of carboxylic acid groups (broad SMARTS) is 1. The van der Waals surface area contributed by atoms with E-state index >= 15 is 0 Å². The number of piperazine rings is 1. The Hall–Kier alpha value is -2.44. The number of carbonyl (C=O) groups excluding carboxylic acids is 2. The van der Waals surface area contributed by atoms with Crippen molar-refractivity contribution in [2.75, 3.05) is 26.2 Å². The summed E-state index contributed by atoms with van der Waals surface area (Å²) in [7, 11) is 0. The van der Waals surface area contributed by atoms with E-state index in [0.29, 0.717) is 51.0 Å². The maximum atomic E-state index is 12.9. The monoisotopic (exact) mass is 336 g/mol. The summed E-state index contributed by atoms with van der Waals surface area (Å²) in [6.45, 7) is 1.81. The van der Waals surface area contributed by atoms with Crippen LogP contribution in [0, 0.1) is 5.82 Å². The third kappa shape index (κ3) is 5.04. The molecule has 2 rings (SSSR count). The van der Waals surface area contributed by atoms with Crippen LogP contribution in [0.4, 0.5) is 4.39 Å². The van der Waals surface area contributed by atoms with Gasteiger partial charge in [0.25, 0.3) is 5.91 Å². The van der Waals surface area contributed by atoms with E-state index in [0.717, 1.165) is 0 Å². The number of benzene rings is 1. The molecule has 0 unspecified atom stereocenters. The van der Waals surface area contributed by atoms with Gasteiger partial charge in [-0.05, 0) is 37.1 Å². The first-order valence-corrected chi connectivity index (χ1v) is 8.02. The summed E-state index contributed by atoms with van der Waals surface area (Å²) in [5.74, 6) is -1.40. The quantitative estimate of drug-likeness (QED) is 0.803. The van der Waals surface area contributed by atoms with Gasteiger partial charge in [0, 0.05) is 44.6 Å². The molecular weight excluding hydrogens is 315 g/mol. The van der Waals surface area contributed by atoms with Crippen molar-refractivity contribution in [2.45, 2.75) is 25.7 Å². The Kier molecular flexibility index (Phi) is 6.28. The average molecular weight is 336 g/mol. The molecule has 1 fully saturated rings. The molecule has 1 saturated heterocycles. The molecule has 6 nitrogen and oxygen atoms in total. The number of unbranched alkanes of at least 4 members (excludes halogenated alkanes) is 1. The van der Waals surface area contributed by atoms with Crippen molar-refractivity contribution in [1.82, 2.24) is 9.80 Å². The van der Waals surface area contributed by atoms with Gasteiger partial charge in [-0.25, -0.2) is 4.39 Å². The van der Waals surface area contributed by atoms with Crippen LogP contribution in [-0.2, 0) is 9.59 Å². The van der Waals surface area contributed by atoms with Crippen LogP contribution in [0.1, 0.15) is 36.0 Å². The van der Waals surface area contributed by atoms with E-state index in [4.69, 9.17) is 5.11 Å². The Labute approximate surface area is 139 Å². The zero-order valence-electron chi connectivity index (χ0n) is 13.4. The minimum atomic E-state index is -0.852. The summed E-state index contributed by atoms with van der Waals surface area (Å²) in [6.07, 6.45) is 1.45. The Morgan fingerprint density at radius 2 is 1.46 bits per heavy atom. The number of aliphatic carboxylic acids is 1. The van der Waals surface area contributed by atoms with Crippen molar-refractivity contribution in [2.24, 2.45) is 0 Å². The smallest absolute Gasteiger partial charge is 0.303 e. The van der Waals surface area contributed by atoms with Crippen LogP contribution in [0.5, 0.6) is 0 Å². The largest absolute Gasteiger partial charge is 0.481 e. The molecule has 7 heteroatoms. The van der Waals surface area contributed by atoms with E-state index in [1.165, 1.54) is 24.3 Å². The highest BCUT2D eigenvalue weighted by Gasteiger charge is 2.24. The topological polar surface area (TPSA) is 77.9 Å². The van der Waals surface area contributed by atoms with Gasteiger partial charge in [0.1, 0.15) is 5.82 Å². The van der Waals surface area contributed by atoms with Gasteiger partial charge in [-0.3, -0.25) is 14.4 Å². The first-order chi connectivity index (χ1) is 11.5. The minimum Gasteiger partial charge on any atom is -0.481 e. The van der Waals surface area contributed by atoms with Crippen molar-refractivity contribution < 1.29 is 23.9 Å². The summed E-state index contributed by atoms with van der Waals surface area (Å²) < 4.78 is 12.9. The maximum absolute atomic E-state index is 12.9. The second kappa shape index (κ2) is 8.42. The molecule has 24 heavy (non-hydrogen) atoms. The molecule has 0 atom stereocenters. The van der Waals surface area contributed by atoms with E-state index < -0.39 is 5.97 Å². The first-order valence-electron chi connectivity index (χ1n) is 8.02. The molecule has 0 saturated carbocycles. The zero-order valence-corrected chi connectivity index (χ0v) is 13.4. The zero-order chi connectivity index (χ0) is 17.5. The fourth-order valence-electron chi connectivity index (χ4n) is 2.64. The van der Waals surface area contributed by atoms with E-state index in [1.54, 1.807) is 9.80 Å². The van der Waals surface area contributed by atoms with Gasteiger partial charge in [-0.15, -0.1) is 0 Å². The molecule has 130 valence electrons. The van der Waals surface area contributed by atoms with Crippen LogP contribution >= 0.6 is 0 Å². The van der Waals surface area contributed by atoms with E-state index in [1.807, 2.05) is 0 Å². The van der Waals surface area contributed by atoms with Gasteiger partial charge < -0.3 is 14.9 Å². The van der Waals surface area contributed by atoms with Crippen LogP contribution in [0.15, 0.2) is 24.3 Å². The first kappa shape index (κ1) is 17.9. The second-order valence-corrected chi connectivity index (χ2v) is 5.78. The summed E-state index contributed by atoms with van der Waals surface area (Å²) in [6, 6.07) is 5.42. The highest BCUT2D eigenvalue weighted by Crippen LogP contribution is 2.12. The lowest BCUT2D eigenvalue weighted by Gasteiger charge is -2.35. The molecule has 2 amide bonds. The second-order valence-electron chi connectivity index (χ2n) is 5.78. The number of carbonyl (C=O) groups is 3. The predicted octanol–water partition coefficient (Wildman–Crippen LogP) is 1.76. The molecule has 0 spiro atoms. The van der Waals surface area contributed by atoms with Crippen molar-refractivity contribution in [1.29, 1.82) is 0 Å². The van der Waals surface area contributed by atoms with Crippen LogP contribution in [0.3, 0.4) is 0 Å². The van der Waals surface area contributed by atoms with Crippen LogP contribution in [0.25, 0.3) is 0 Å². The maximum Gasteiger partial charge on any atom is 0.303 e. The number of hydrogen-bond donors (Lipinski definition) is 1. The molecule has 1 aliphatic heterocycles. The lowest BCUT2D eigenvalue weighted by atomic mass is 10.1. The summed E-state index contributed by atoms with van der Waals surface area (Å²) in [5, 5.41) is 8.56. The van der Waals surface area contributed by atoms with Crippen molar-refractivity contribution in [3.05, 3.63) is 35.6 Å². The molecule has 1 heterocycles. The fourth-order valence-corrected chi connectivity index (χ4v) is 2.64. The van der Waals surface area contributed by atoms with Gasteiger partial charge in [0.05, 0.1) is 0 Å². The number of carboxylic acids is 1. The van der Waals surface area contributed by atoms with Crippen LogP contribution < -0.4 is 0 Å². The lowest BCUT2D eigenvalue weighted by Crippen LogP contribution is -2.50. The number of hydrogen-bond acceptors (Lipinski definition) is 3. The normalized spacial score (nSPS) is 14.5. The van der Waals surface area contributed by atoms with Gasteiger partial charge in [0.15, 0.2) is 0 Å².